The highest BCUT2D eigenvalue weighted by molar-refractivity contribution is 6.02. The number of anilines is 2. The summed E-state index contributed by atoms with van der Waals surface area (Å²) in [6, 6.07) is 12.0. The van der Waals surface area contributed by atoms with Gasteiger partial charge in [0.1, 0.15) is 5.75 Å². The number of carbonyl (C=O) groups excluding carboxylic acids is 2. The fraction of sp³-hybridized carbons (Fsp3) is 0.417. The van der Waals surface area contributed by atoms with Crippen LogP contribution in [0.2, 0.25) is 0 Å². The van der Waals surface area contributed by atoms with Gasteiger partial charge in [-0.3, -0.25) is 9.69 Å². The molecule has 0 atom stereocenters. The number of carbonyl (C=O) groups is 2. The lowest BCUT2D eigenvalue weighted by atomic mass is 9.84. The molecular weight excluding hydrogens is 378 g/mol. The summed E-state index contributed by atoms with van der Waals surface area (Å²) in [5, 5.41) is 0. The van der Waals surface area contributed by atoms with Crippen LogP contribution in [-0.2, 0) is 11.3 Å². The maximum absolute atomic E-state index is 13.7. The van der Waals surface area contributed by atoms with Gasteiger partial charge in [0, 0.05) is 18.0 Å². The minimum Gasteiger partial charge on any atom is -0.496 e. The largest absolute Gasteiger partial charge is 0.496 e. The van der Waals surface area contributed by atoms with E-state index in [0.29, 0.717) is 6.54 Å². The van der Waals surface area contributed by atoms with E-state index in [-0.39, 0.29) is 23.9 Å². The molecule has 2 aromatic rings. The maximum Gasteiger partial charge on any atom is 0.329 e. The molecule has 1 heterocycles. The third-order valence-electron chi connectivity index (χ3n) is 6.58. The van der Waals surface area contributed by atoms with Crippen LogP contribution in [-0.4, -0.2) is 30.0 Å². The Labute approximate surface area is 177 Å². The van der Waals surface area contributed by atoms with Gasteiger partial charge >= 0.3 is 6.03 Å². The summed E-state index contributed by atoms with van der Waals surface area (Å²) in [4.78, 5) is 29.0. The summed E-state index contributed by atoms with van der Waals surface area (Å²) in [5.74, 6) is 0.453. The molecule has 2 aliphatic rings. The first kappa shape index (κ1) is 20.3. The standard InChI is InChI=1S/C24H29N3O3/c1-15-5-4-6-21-20(15)14-26(18-11-8-17(9-12-18)23(25)28)24(29)27(21)19-10-7-16(2)22(13-19)30-3/h4-7,10,13,17-18H,8-9,11-12,14H2,1-3H3,(H2,25,28). The third-order valence-corrected chi connectivity index (χ3v) is 6.58. The van der Waals surface area contributed by atoms with Crippen molar-refractivity contribution in [2.45, 2.75) is 52.1 Å². The summed E-state index contributed by atoms with van der Waals surface area (Å²) in [5.41, 5.74) is 10.6. The first-order valence-corrected chi connectivity index (χ1v) is 10.5. The molecule has 3 amide bonds. The lowest BCUT2D eigenvalue weighted by Gasteiger charge is -2.43. The van der Waals surface area contributed by atoms with Crippen molar-refractivity contribution in [2.75, 3.05) is 12.0 Å². The molecule has 0 aromatic heterocycles. The highest BCUT2D eigenvalue weighted by atomic mass is 16.5. The van der Waals surface area contributed by atoms with E-state index in [2.05, 4.69) is 13.0 Å². The topological polar surface area (TPSA) is 75.9 Å². The number of nitrogens with two attached hydrogens (primary N) is 1. The van der Waals surface area contributed by atoms with Crippen LogP contribution in [0.4, 0.5) is 16.2 Å². The molecule has 6 heteroatoms. The van der Waals surface area contributed by atoms with Crippen molar-refractivity contribution in [3.05, 3.63) is 53.1 Å². The lowest BCUT2D eigenvalue weighted by molar-refractivity contribution is -0.123. The second-order valence-corrected chi connectivity index (χ2v) is 8.38. The zero-order valence-electron chi connectivity index (χ0n) is 17.9. The molecule has 6 nitrogen and oxygen atoms in total. The number of ether oxygens (including phenoxy) is 1. The molecule has 0 saturated heterocycles. The van der Waals surface area contributed by atoms with E-state index in [1.54, 1.807) is 12.0 Å². The van der Waals surface area contributed by atoms with Gasteiger partial charge in [0.25, 0.3) is 0 Å². The van der Waals surface area contributed by atoms with E-state index in [0.717, 1.165) is 53.9 Å². The number of methoxy groups -OCH3 is 1. The van der Waals surface area contributed by atoms with Gasteiger partial charge in [0.15, 0.2) is 0 Å². The predicted molar refractivity (Wildman–Crippen MR) is 117 cm³/mol. The molecule has 0 bridgehead atoms. The first-order valence-electron chi connectivity index (χ1n) is 10.5. The van der Waals surface area contributed by atoms with Crippen LogP contribution in [0, 0.1) is 19.8 Å². The highest BCUT2D eigenvalue weighted by Gasteiger charge is 2.38. The fourth-order valence-electron chi connectivity index (χ4n) is 4.73. The highest BCUT2D eigenvalue weighted by Crippen LogP contribution is 2.40. The Morgan fingerprint density at radius 2 is 1.80 bits per heavy atom. The van der Waals surface area contributed by atoms with Crippen molar-refractivity contribution in [1.82, 2.24) is 4.90 Å². The summed E-state index contributed by atoms with van der Waals surface area (Å²) in [6.45, 7) is 4.67. The molecule has 1 fully saturated rings. The Hall–Kier alpha value is -3.02. The van der Waals surface area contributed by atoms with E-state index in [1.807, 2.05) is 42.2 Å². The van der Waals surface area contributed by atoms with Crippen LogP contribution >= 0.6 is 0 Å². The molecule has 4 rings (SSSR count). The molecular formula is C24H29N3O3. The molecule has 30 heavy (non-hydrogen) atoms. The van der Waals surface area contributed by atoms with Crippen LogP contribution in [0.5, 0.6) is 5.75 Å². The Kier molecular flexibility index (Phi) is 5.41. The Morgan fingerprint density at radius 3 is 2.47 bits per heavy atom. The van der Waals surface area contributed by atoms with Crippen LogP contribution in [0.3, 0.4) is 0 Å². The molecule has 1 aliphatic carbocycles. The Morgan fingerprint density at radius 1 is 1.07 bits per heavy atom. The number of urea groups is 1. The van der Waals surface area contributed by atoms with Crippen molar-refractivity contribution < 1.29 is 14.3 Å². The zero-order valence-corrected chi connectivity index (χ0v) is 17.9. The fourth-order valence-corrected chi connectivity index (χ4v) is 4.73. The number of fused-ring (bicyclic) bond motifs is 1. The van der Waals surface area contributed by atoms with Gasteiger partial charge in [-0.1, -0.05) is 18.2 Å². The average Bonchev–Trinajstić information content (AvgIpc) is 2.74. The smallest absolute Gasteiger partial charge is 0.329 e. The predicted octanol–water partition coefficient (Wildman–Crippen LogP) is 4.43. The average molecular weight is 408 g/mol. The molecule has 0 spiro atoms. The van der Waals surface area contributed by atoms with Crippen molar-refractivity contribution in [2.24, 2.45) is 11.7 Å². The minimum atomic E-state index is -0.229. The van der Waals surface area contributed by atoms with Crippen LogP contribution < -0.4 is 15.4 Å². The van der Waals surface area contributed by atoms with Gasteiger partial charge in [-0.2, -0.15) is 0 Å². The minimum absolute atomic E-state index is 0.0264. The van der Waals surface area contributed by atoms with E-state index in [9.17, 15) is 9.59 Å². The SMILES string of the molecule is COc1cc(N2C(=O)N(C3CCC(C(N)=O)CC3)Cc3c(C)cccc32)ccc1C. The van der Waals surface area contributed by atoms with Crippen molar-refractivity contribution in [3.8, 4) is 5.75 Å². The molecule has 0 radical (unpaired) electrons. The van der Waals surface area contributed by atoms with E-state index < -0.39 is 0 Å². The zero-order chi connectivity index (χ0) is 21.4. The number of nitrogens with zero attached hydrogens (tertiary/aromatic N) is 2. The Bertz CT molecular complexity index is 980. The summed E-state index contributed by atoms with van der Waals surface area (Å²) in [6.07, 6.45) is 3.07. The summed E-state index contributed by atoms with van der Waals surface area (Å²) < 4.78 is 5.51. The van der Waals surface area contributed by atoms with Gasteiger partial charge in [-0.25, -0.2) is 4.79 Å². The van der Waals surface area contributed by atoms with Gasteiger partial charge in [0.2, 0.25) is 5.91 Å². The Balaban J connectivity index is 1.72. The number of aryl methyl sites for hydroxylation is 2. The number of benzene rings is 2. The molecule has 158 valence electrons. The first-order chi connectivity index (χ1) is 14.4. The monoisotopic (exact) mass is 407 g/mol. The molecule has 1 aliphatic heterocycles. The number of primary amides is 1. The number of rotatable bonds is 4. The second-order valence-electron chi connectivity index (χ2n) is 8.38. The summed E-state index contributed by atoms with van der Waals surface area (Å²) in [7, 11) is 1.64. The molecule has 1 saturated carbocycles. The molecule has 2 aromatic carbocycles. The second kappa shape index (κ2) is 8.01. The van der Waals surface area contributed by atoms with Crippen LogP contribution in [0.25, 0.3) is 0 Å². The third kappa shape index (κ3) is 3.51. The van der Waals surface area contributed by atoms with Gasteiger partial charge in [0.05, 0.1) is 25.0 Å². The number of hydrogen-bond donors (Lipinski definition) is 1. The maximum atomic E-state index is 13.7. The van der Waals surface area contributed by atoms with Gasteiger partial charge < -0.3 is 15.4 Å². The number of hydrogen-bond acceptors (Lipinski definition) is 3. The van der Waals surface area contributed by atoms with E-state index in [4.69, 9.17) is 10.5 Å². The van der Waals surface area contributed by atoms with Crippen molar-refractivity contribution >= 4 is 23.3 Å². The summed E-state index contributed by atoms with van der Waals surface area (Å²) >= 11 is 0. The molecule has 2 N–H and O–H groups in total. The van der Waals surface area contributed by atoms with Gasteiger partial charge in [-0.05, 0) is 68.4 Å². The van der Waals surface area contributed by atoms with Crippen molar-refractivity contribution in [3.63, 3.8) is 0 Å². The lowest BCUT2D eigenvalue weighted by Crippen LogP contribution is -2.51. The van der Waals surface area contributed by atoms with Crippen LogP contribution in [0.15, 0.2) is 36.4 Å². The normalized spacial score (nSPS) is 21.4. The van der Waals surface area contributed by atoms with E-state index in [1.165, 1.54) is 5.56 Å². The number of amides is 3. The molecule has 0 unspecified atom stereocenters. The van der Waals surface area contributed by atoms with E-state index >= 15 is 0 Å². The van der Waals surface area contributed by atoms with Gasteiger partial charge in [-0.15, -0.1) is 0 Å². The van der Waals surface area contributed by atoms with Crippen molar-refractivity contribution in [1.29, 1.82) is 0 Å². The van der Waals surface area contributed by atoms with Crippen LogP contribution in [0.1, 0.15) is 42.4 Å². The quantitative estimate of drug-likeness (QED) is 0.815.